The van der Waals surface area contributed by atoms with E-state index in [2.05, 4.69) is 10.1 Å². The van der Waals surface area contributed by atoms with Crippen LogP contribution < -0.4 is 11.1 Å². The van der Waals surface area contributed by atoms with Gasteiger partial charge in [-0.05, 0) is 12.8 Å². The van der Waals surface area contributed by atoms with Crippen LogP contribution in [-0.4, -0.2) is 62.6 Å². The average Bonchev–Trinajstić information content (AvgIpc) is 2.38. The number of carboxylic acid groups (broad SMARTS) is 1. The number of nitrogens with one attached hydrogen (secondary N) is 1. The molecule has 0 aromatic heterocycles. The highest BCUT2D eigenvalue weighted by atomic mass is 32.2. The van der Waals surface area contributed by atoms with E-state index in [9.17, 15) is 22.8 Å². The molecule has 0 aliphatic carbocycles. The molecule has 0 spiro atoms. The highest BCUT2D eigenvalue weighted by molar-refractivity contribution is 7.90. The number of carbonyl (C=O) groups excluding carboxylic acids is 2. The average molecular weight is 324 g/mol. The van der Waals surface area contributed by atoms with Crippen LogP contribution in [0.2, 0.25) is 0 Å². The second kappa shape index (κ2) is 8.57. The van der Waals surface area contributed by atoms with Gasteiger partial charge in [-0.25, -0.2) is 13.2 Å². The molecule has 0 heterocycles. The number of carboxylic acids is 1. The zero-order valence-electron chi connectivity index (χ0n) is 11.9. The predicted molar refractivity (Wildman–Crippen MR) is 73.1 cm³/mol. The summed E-state index contributed by atoms with van der Waals surface area (Å²) in [5, 5.41) is 11.1. The third-order valence-corrected chi connectivity index (χ3v) is 3.59. The third-order valence-electron chi connectivity index (χ3n) is 2.62. The Balaban J connectivity index is 4.46. The van der Waals surface area contributed by atoms with Crippen molar-refractivity contribution in [1.29, 1.82) is 0 Å². The van der Waals surface area contributed by atoms with Crippen LogP contribution >= 0.6 is 0 Å². The van der Waals surface area contributed by atoms with E-state index in [1.807, 2.05) is 0 Å². The van der Waals surface area contributed by atoms with Gasteiger partial charge >= 0.3 is 11.9 Å². The van der Waals surface area contributed by atoms with Gasteiger partial charge in [-0.15, -0.1) is 0 Å². The van der Waals surface area contributed by atoms with E-state index in [4.69, 9.17) is 10.8 Å². The smallest absolute Gasteiger partial charge is 0.326 e. The molecule has 9 nitrogen and oxygen atoms in total. The van der Waals surface area contributed by atoms with Crippen LogP contribution in [-0.2, 0) is 29.0 Å². The Bertz CT molecular complexity index is 489. The monoisotopic (exact) mass is 324 g/mol. The molecule has 4 N–H and O–H groups in total. The molecule has 21 heavy (non-hydrogen) atoms. The van der Waals surface area contributed by atoms with Crippen LogP contribution in [0.1, 0.15) is 19.3 Å². The lowest BCUT2D eigenvalue weighted by molar-refractivity contribution is -0.144. The van der Waals surface area contributed by atoms with E-state index < -0.39 is 39.8 Å². The van der Waals surface area contributed by atoms with Crippen molar-refractivity contribution in [2.75, 3.05) is 19.1 Å². The lowest BCUT2D eigenvalue weighted by Gasteiger charge is -2.17. The summed E-state index contributed by atoms with van der Waals surface area (Å²) >= 11 is 0. The topological polar surface area (TPSA) is 153 Å². The van der Waals surface area contributed by atoms with Gasteiger partial charge in [-0.2, -0.15) is 0 Å². The normalized spacial score (nSPS) is 14.0. The van der Waals surface area contributed by atoms with Gasteiger partial charge in [0, 0.05) is 12.7 Å². The molecule has 0 aromatic carbocycles. The molecule has 0 aliphatic rings. The number of carbonyl (C=O) groups is 3. The Hall–Kier alpha value is -1.68. The van der Waals surface area contributed by atoms with Gasteiger partial charge in [-0.3, -0.25) is 9.59 Å². The maximum atomic E-state index is 11.7. The SMILES string of the molecule is COC(=O)CC[C@@H](NC(=O)C(N)CCS(C)(=O)=O)C(=O)O. The van der Waals surface area contributed by atoms with Crippen molar-refractivity contribution in [3.63, 3.8) is 0 Å². The van der Waals surface area contributed by atoms with Crippen molar-refractivity contribution in [3.8, 4) is 0 Å². The summed E-state index contributed by atoms with van der Waals surface area (Å²) in [6, 6.07) is -2.43. The first-order chi connectivity index (χ1) is 9.56. The van der Waals surface area contributed by atoms with E-state index in [1.54, 1.807) is 0 Å². The quantitative estimate of drug-likeness (QED) is 0.423. The third kappa shape index (κ3) is 8.97. The van der Waals surface area contributed by atoms with Crippen molar-refractivity contribution in [2.24, 2.45) is 5.73 Å². The number of ether oxygens (including phenoxy) is 1. The number of aliphatic carboxylic acids is 1. The lowest BCUT2D eigenvalue weighted by Crippen LogP contribution is -2.49. The summed E-state index contributed by atoms with van der Waals surface area (Å²) < 4.78 is 26.3. The highest BCUT2D eigenvalue weighted by Gasteiger charge is 2.24. The minimum atomic E-state index is -3.26. The van der Waals surface area contributed by atoms with Crippen LogP contribution in [0.4, 0.5) is 0 Å². The predicted octanol–water partition coefficient (Wildman–Crippen LogP) is -1.73. The van der Waals surface area contributed by atoms with Crippen LogP contribution in [0, 0.1) is 0 Å². The Morgan fingerprint density at radius 1 is 1.29 bits per heavy atom. The van der Waals surface area contributed by atoms with E-state index in [0.29, 0.717) is 0 Å². The molecule has 0 rings (SSSR count). The maximum absolute atomic E-state index is 11.7. The Morgan fingerprint density at radius 3 is 2.29 bits per heavy atom. The summed E-state index contributed by atoms with van der Waals surface area (Å²) in [4.78, 5) is 33.6. The molecule has 1 amide bonds. The molecule has 0 aromatic rings. The molecule has 0 radical (unpaired) electrons. The number of esters is 1. The number of hydrogen-bond acceptors (Lipinski definition) is 7. The fourth-order valence-electron chi connectivity index (χ4n) is 1.37. The Kier molecular flexibility index (Phi) is 7.89. The molecular formula is C11H20N2O7S. The van der Waals surface area contributed by atoms with Gasteiger partial charge in [0.15, 0.2) is 0 Å². The highest BCUT2D eigenvalue weighted by Crippen LogP contribution is 2.01. The summed E-state index contributed by atoms with van der Waals surface area (Å²) in [5.74, 6) is -2.98. The Labute approximate surface area is 122 Å². The summed E-state index contributed by atoms with van der Waals surface area (Å²) in [5.41, 5.74) is 5.49. The fourth-order valence-corrected chi connectivity index (χ4v) is 2.05. The minimum absolute atomic E-state index is 0.117. The number of amides is 1. The van der Waals surface area contributed by atoms with Crippen molar-refractivity contribution in [3.05, 3.63) is 0 Å². The molecule has 2 atom stereocenters. The van der Waals surface area contributed by atoms with E-state index in [-0.39, 0.29) is 25.0 Å². The van der Waals surface area contributed by atoms with Crippen LogP contribution in [0.5, 0.6) is 0 Å². The summed E-state index contributed by atoms with van der Waals surface area (Å²) in [6.07, 6.45) is 0.570. The van der Waals surface area contributed by atoms with E-state index in [1.165, 1.54) is 0 Å². The van der Waals surface area contributed by atoms with Crippen molar-refractivity contribution < 1.29 is 32.6 Å². The van der Waals surface area contributed by atoms with Gasteiger partial charge in [0.2, 0.25) is 5.91 Å². The first-order valence-corrected chi connectivity index (χ1v) is 8.16. The van der Waals surface area contributed by atoms with Gasteiger partial charge in [0.05, 0.1) is 18.9 Å². The van der Waals surface area contributed by atoms with Gasteiger partial charge < -0.3 is 20.9 Å². The molecule has 0 saturated carbocycles. The number of sulfone groups is 1. The molecule has 0 fully saturated rings. The molecular weight excluding hydrogens is 304 g/mol. The summed E-state index contributed by atoms with van der Waals surface area (Å²) in [6.45, 7) is 0. The Morgan fingerprint density at radius 2 is 1.86 bits per heavy atom. The molecule has 10 heteroatoms. The van der Waals surface area contributed by atoms with Crippen molar-refractivity contribution in [1.82, 2.24) is 5.32 Å². The van der Waals surface area contributed by atoms with Crippen molar-refractivity contribution in [2.45, 2.75) is 31.3 Å². The van der Waals surface area contributed by atoms with Crippen molar-refractivity contribution >= 4 is 27.7 Å². The fraction of sp³-hybridized carbons (Fsp3) is 0.727. The van der Waals surface area contributed by atoms with Crippen LogP contribution in [0.25, 0.3) is 0 Å². The summed E-state index contributed by atoms with van der Waals surface area (Å²) in [7, 11) is -2.10. The number of rotatable bonds is 9. The lowest BCUT2D eigenvalue weighted by atomic mass is 10.1. The zero-order valence-corrected chi connectivity index (χ0v) is 12.7. The molecule has 0 saturated heterocycles. The van der Waals surface area contributed by atoms with Crippen LogP contribution in [0.3, 0.4) is 0 Å². The first-order valence-electron chi connectivity index (χ1n) is 6.10. The first kappa shape index (κ1) is 19.3. The van der Waals surface area contributed by atoms with Gasteiger partial charge in [0.25, 0.3) is 0 Å². The number of nitrogens with two attached hydrogens (primary N) is 1. The number of methoxy groups -OCH3 is 1. The van der Waals surface area contributed by atoms with E-state index >= 15 is 0 Å². The van der Waals surface area contributed by atoms with Gasteiger partial charge in [-0.1, -0.05) is 0 Å². The number of hydrogen-bond donors (Lipinski definition) is 3. The standard InChI is InChI=1S/C11H20N2O7S/c1-20-9(14)4-3-8(11(16)17)13-10(15)7(12)5-6-21(2,18)19/h7-8H,3-6,12H2,1-2H3,(H,13,15)(H,16,17)/t7?,8-/m1/s1. The minimum Gasteiger partial charge on any atom is -0.480 e. The van der Waals surface area contributed by atoms with Crippen LogP contribution in [0.15, 0.2) is 0 Å². The second-order valence-corrected chi connectivity index (χ2v) is 6.80. The molecule has 1 unspecified atom stereocenters. The zero-order chi connectivity index (χ0) is 16.6. The maximum Gasteiger partial charge on any atom is 0.326 e. The van der Waals surface area contributed by atoms with Gasteiger partial charge in [0.1, 0.15) is 15.9 Å². The van der Waals surface area contributed by atoms with E-state index in [0.717, 1.165) is 13.4 Å². The largest absolute Gasteiger partial charge is 0.480 e. The second-order valence-electron chi connectivity index (χ2n) is 4.54. The molecule has 0 aliphatic heterocycles. The molecule has 122 valence electrons. The molecule has 0 bridgehead atoms.